The third-order valence-corrected chi connectivity index (χ3v) is 6.35. The molecule has 0 radical (unpaired) electrons. The van der Waals surface area contributed by atoms with Gasteiger partial charge >= 0.3 is 7.12 Å². The fraction of sp³-hybridized carbons (Fsp3) is 0.750. The number of likely N-dealkylation sites (tertiary alicyclic amines) is 1. The molecule has 3 heterocycles. The second kappa shape index (κ2) is 8.78. The molecule has 0 saturated carbocycles. The van der Waals surface area contributed by atoms with Gasteiger partial charge in [-0.25, -0.2) is 9.97 Å². The van der Waals surface area contributed by atoms with Gasteiger partial charge in [0.1, 0.15) is 0 Å². The Hall–Kier alpha value is -1.75. The third kappa shape index (κ3) is 4.77. The van der Waals surface area contributed by atoms with Crippen LogP contribution in [0.2, 0.25) is 0 Å². The lowest BCUT2D eigenvalue weighted by molar-refractivity contribution is -0.143. The van der Waals surface area contributed by atoms with Crippen LogP contribution >= 0.6 is 0 Å². The Morgan fingerprint density at radius 3 is 2.47 bits per heavy atom. The highest BCUT2D eigenvalue weighted by atomic mass is 16.7. The number of aliphatic hydroxyl groups excluding tert-OH is 2. The molecule has 0 aromatic carbocycles. The molecule has 10 heteroatoms. The Morgan fingerprint density at radius 1 is 1.30 bits per heavy atom. The predicted octanol–water partition coefficient (Wildman–Crippen LogP) is -0.196. The lowest BCUT2D eigenvalue weighted by Gasteiger charge is -2.35. The van der Waals surface area contributed by atoms with Crippen molar-refractivity contribution >= 4 is 24.4 Å². The molecule has 1 aromatic rings. The molecule has 0 unspecified atom stereocenters. The smallest absolute Gasteiger partial charge is 0.399 e. The van der Waals surface area contributed by atoms with Crippen LogP contribution < -0.4 is 10.4 Å². The molecule has 2 N–H and O–H groups in total. The maximum atomic E-state index is 12.1. The van der Waals surface area contributed by atoms with Crippen LogP contribution in [0.1, 0.15) is 40.5 Å². The standard InChI is InChI=1S/C20H33BN4O5/c1-19(2)20(3,4)30-21(29-19)15-9-22-18(23-10-15)24(5)11-14-7-6-8-25(12-14)17(28)16(27)13-26/h9-10,14,16,26-27H,6-8,11-13H2,1-5H3/t14-,16-/m0/s1. The average Bonchev–Trinajstić information content (AvgIpc) is 2.94. The summed E-state index contributed by atoms with van der Waals surface area (Å²) in [5.74, 6) is 0.423. The van der Waals surface area contributed by atoms with E-state index in [1.807, 2.05) is 39.6 Å². The van der Waals surface area contributed by atoms with Crippen molar-refractivity contribution in [3.05, 3.63) is 12.4 Å². The predicted molar refractivity (Wildman–Crippen MR) is 113 cm³/mol. The number of carbonyl (C=O) groups is 1. The van der Waals surface area contributed by atoms with Gasteiger partial charge in [-0.2, -0.15) is 0 Å². The van der Waals surface area contributed by atoms with E-state index in [0.29, 0.717) is 25.6 Å². The quantitative estimate of drug-likeness (QED) is 0.610. The monoisotopic (exact) mass is 420 g/mol. The van der Waals surface area contributed by atoms with Crippen molar-refractivity contribution in [2.24, 2.45) is 5.92 Å². The zero-order valence-corrected chi connectivity index (χ0v) is 18.5. The molecule has 2 fully saturated rings. The summed E-state index contributed by atoms with van der Waals surface area (Å²) >= 11 is 0. The van der Waals surface area contributed by atoms with E-state index in [-0.39, 0.29) is 5.92 Å². The minimum absolute atomic E-state index is 0.241. The highest BCUT2D eigenvalue weighted by molar-refractivity contribution is 6.61. The van der Waals surface area contributed by atoms with Crippen LogP contribution in [0.4, 0.5) is 5.95 Å². The number of piperidine rings is 1. The van der Waals surface area contributed by atoms with E-state index < -0.39 is 36.9 Å². The van der Waals surface area contributed by atoms with Crippen molar-refractivity contribution in [2.75, 3.05) is 38.2 Å². The van der Waals surface area contributed by atoms with Gasteiger partial charge in [0.15, 0.2) is 6.10 Å². The number of nitrogens with zero attached hydrogens (tertiary/aromatic N) is 4. The van der Waals surface area contributed by atoms with Crippen LogP contribution in [0.5, 0.6) is 0 Å². The van der Waals surface area contributed by atoms with E-state index in [0.717, 1.165) is 18.3 Å². The number of hydrogen-bond donors (Lipinski definition) is 2. The largest absolute Gasteiger partial charge is 0.498 e. The molecule has 166 valence electrons. The number of aromatic nitrogens is 2. The highest BCUT2D eigenvalue weighted by Gasteiger charge is 2.52. The van der Waals surface area contributed by atoms with Crippen molar-refractivity contribution in [3.63, 3.8) is 0 Å². The summed E-state index contributed by atoms with van der Waals surface area (Å²) in [7, 11) is 1.43. The summed E-state index contributed by atoms with van der Waals surface area (Å²) in [5, 5.41) is 18.6. The molecule has 3 rings (SSSR count). The lowest BCUT2D eigenvalue weighted by atomic mass is 9.81. The number of anilines is 1. The van der Waals surface area contributed by atoms with Crippen LogP contribution in [-0.4, -0.2) is 88.7 Å². The normalized spacial score (nSPS) is 24.0. The Kier molecular flexibility index (Phi) is 6.71. The molecule has 1 aromatic heterocycles. The molecule has 2 aliphatic rings. The summed E-state index contributed by atoms with van der Waals surface area (Å²) < 4.78 is 12.1. The van der Waals surface area contributed by atoms with Crippen molar-refractivity contribution in [1.82, 2.24) is 14.9 Å². The highest BCUT2D eigenvalue weighted by Crippen LogP contribution is 2.36. The zero-order valence-electron chi connectivity index (χ0n) is 18.5. The topological polar surface area (TPSA) is 108 Å². The first-order valence-electron chi connectivity index (χ1n) is 10.5. The lowest BCUT2D eigenvalue weighted by Crippen LogP contribution is -2.48. The molecule has 2 saturated heterocycles. The van der Waals surface area contributed by atoms with Crippen molar-refractivity contribution < 1.29 is 24.3 Å². The fourth-order valence-corrected chi connectivity index (χ4v) is 3.80. The first-order valence-corrected chi connectivity index (χ1v) is 10.5. The van der Waals surface area contributed by atoms with E-state index in [1.165, 1.54) is 0 Å². The van der Waals surface area contributed by atoms with Crippen molar-refractivity contribution in [1.29, 1.82) is 0 Å². The first kappa shape index (κ1) is 22.9. The molecule has 9 nitrogen and oxygen atoms in total. The van der Waals surface area contributed by atoms with E-state index in [4.69, 9.17) is 14.4 Å². The second-order valence-corrected chi connectivity index (χ2v) is 9.28. The summed E-state index contributed by atoms with van der Waals surface area (Å²) in [5.41, 5.74) is -0.0552. The molecule has 1 amide bonds. The molecule has 0 spiro atoms. The van der Waals surface area contributed by atoms with E-state index in [2.05, 4.69) is 9.97 Å². The van der Waals surface area contributed by atoms with Gasteiger partial charge in [-0.3, -0.25) is 4.79 Å². The van der Waals surface area contributed by atoms with Gasteiger partial charge in [0.05, 0.1) is 17.8 Å². The molecule has 2 aliphatic heterocycles. The summed E-state index contributed by atoms with van der Waals surface area (Å²) in [6, 6.07) is 0. The summed E-state index contributed by atoms with van der Waals surface area (Å²) in [6.45, 7) is 9.32. The van der Waals surface area contributed by atoms with Gasteiger partial charge in [0, 0.05) is 44.5 Å². The average molecular weight is 420 g/mol. The van der Waals surface area contributed by atoms with Crippen molar-refractivity contribution in [3.8, 4) is 0 Å². The summed E-state index contributed by atoms with van der Waals surface area (Å²) in [6.07, 6.45) is 3.97. The molecule has 0 aliphatic carbocycles. The summed E-state index contributed by atoms with van der Waals surface area (Å²) in [4.78, 5) is 24.7. The van der Waals surface area contributed by atoms with Gasteiger partial charge in [0.25, 0.3) is 5.91 Å². The van der Waals surface area contributed by atoms with Crippen LogP contribution in [0.25, 0.3) is 0 Å². The first-order chi connectivity index (χ1) is 14.0. The Morgan fingerprint density at radius 2 is 1.90 bits per heavy atom. The minimum atomic E-state index is -1.34. The number of amides is 1. The molecular formula is C20H33BN4O5. The van der Waals surface area contributed by atoms with Crippen LogP contribution in [-0.2, 0) is 14.1 Å². The van der Waals surface area contributed by atoms with E-state index in [9.17, 15) is 9.90 Å². The maximum Gasteiger partial charge on any atom is 0.498 e. The SMILES string of the molecule is CN(C[C@@H]1CCCN(C(=O)[C@@H](O)CO)C1)c1ncc(B2OC(C)(C)C(C)(C)O2)cn1. The molecule has 30 heavy (non-hydrogen) atoms. The van der Waals surface area contributed by atoms with Gasteiger partial charge in [-0.15, -0.1) is 0 Å². The minimum Gasteiger partial charge on any atom is -0.399 e. The van der Waals surface area contributed by atoms with Crippen LogP contribution in [0, 0.1) is 5.92 Å². The Balaban J connectivity index is 1.59. The van der Waals surface area contributed by atoms with Gasteiger partial charge in [-0.05, 0) is 46.5 Å². The Labute approximate surface area is 178 Å². The van der Waals surface area contributed by atoms with E-state index in [1.54, 1.807) is 17.3 Å². The molecular weight excluding hydrogens is 387 g/mol. The van der Waals surface area contributed by atoms with Crippen molar-refractivity contribution in [2.45, 2.75) is 57.8 Å². The van der Waals surface area contributed by atoms with Gasteiger partial charge < -0.3 is 29.3 Å². The Bertz CT molecular complexity index is 729. The molecule has 2 atom stereocenters. The molecule has 0 bridgehead atoms. The fourth-order valence-electron chi connectivity index (χ4n) is 3.80. The zero-order chi connectivity index (χ0) is 22.1. The van der Waals surface area contributed by atoms with Crippen LogP contribution in [0.3, 0.4) is 0 Å². The number of aliphatic hydroxyl groups is 2. The number of carbonyl (C=O) groups excluding carboxylic acids is 1. The third-order valence-electron chi connectivity index (χ3n) is 6.35. The second-order valence-electron chi connectivity index (χ2n) is 9.28. The van der Waals surface area contributed by atoms with E-state index >= 15 is 0 Å². The van der Waals surface area contributed by atoms with Gasteiger partial charge in [0.2, 0.25) is 5.95 Å². The van der Waals surface area contributed by atoms with Crippen LogP contribution in [0.15, 0.2) is 12.4 Å². The number of hydrogen-bond acceptors (Lipinski definition) is 8. The maximum absolute atomic E-state index is 12.1. The van der Waals surface area contributed by atoms with Gasteiger partial charge in [-0.1, -0.05) is 0 Å². The number of rotatable bonds is 6.